The van der Waals surface area contributed by atoms with Crippen LogP contribution < -0.4 is 28.4 Å². The summed E-state index contributed by atoms with van der Waals surface area (Å²) in [6.07, 6.45) is 14.0. The summed E-state index contributed by atoms with van der Waals surface area (Å²) in [7, 11) is 0. The number of carbonyl (C=O) groups excluding carboxylic acids is 6. The van der Waals surface area contributed by atoms with Crippen molar-refractivity contribution in [1.82, 2.24) is 59.8 Å². The average molecular weight is 1860 g/mol. The summed E-state index contributed by atoms with van der Waals surface area (Å²) >= 11 is 3.00. The summed E-state index contributed by atoms with van der Waals surface area (Å²) in [5, 5.41) is 5.52. The maximum absolute atomic E-state index is 12.5. The SMILES string of the molecule is Cc1cc(O[C@@H]2CCOC2)cc(C(=O)Cc2ccccn2)n1.Cc1cc(O[C@@H]2CCOC2)cc(C(=O)Cc2nc(C)cs2)n1.Cc1cc(O[C@H]2CCOC2)cc(C(=O)Cc2ccccn2)n1.Cc1cc(O[C@H]2CCOC2)cc(C(=O)Cc2nc(C)cs2)n1.Cc1ccc(CC(=O)c2cc(O[C@@H]3CCOC3)cc(C)n2)nc1.Cc1ccc(CC(=O)c2cc(O[C@H]3CCOC3)cc(C)n2)nc1. The number of Topliss-reactive ketones (excluding diaryl/α,β-unsaturated/α-hetero) is 6. The first-order chi connectivity index (χ1) is 64.8. The second kappa shape index (κ2) is 49.9. The van der Waals surface area contributed by atoms with Crippen molar-refractivity contribution in [3.05, 3.63) is 293 Å². The number of hydrogen-bond acceptors (Lipinski definition) is 32. The first-order valence-corrected chi connectivity index (χ1v) is 46.6. The highest BCUT2D eigenvalue weighted by Crippen LogP contribution is 2.29. The van der Waals surface area contributed by atoms with Crippen LogP contribution in [-0.2, 0) is 66.9 Å². The van der Waals surface area contributed by atoms with E-state index in [9.17, 15) is 28.8 Å². The molecule has 0 aliphatic carbocycles. The van der Waals surface area contributed by atoms with E-state index in [1.807, 2.05) is 177 Å². The molecule has 6 aliphatic heterocycles. The van der Waals surface area contributed by atoms with Gasteiger partial charge in [0.15, 0.2) is 34.7 Å². The minimum absolute atomic E-state index is 0.0365. The molecule has 0 aromatic carbocycles. The highest BCUT2D eigenvalue weighted by atomic mass is 32.1. The molecule has 6 atom stereocenters. The second-order valence-electron chi connectivity index (χ2n) is 33.3. The molecule has 18 rings (SSSR count). The van der Waals surface area contributed by atoms with Crippen LogP contribution in [0, 0.1) is 69.2 Å². The van der Waals surface area contributed by atoms with Gasteiger partial charge in [-0.15, -0.1) is 22.7 Å². The molecule has 0 amide bonds. The van der Waals surface area contributed by atoms with Crippen LogP contribution in [0.3, 0.4) is 0 Å². The number of pyridine rings is 10. The third kappa shape index (κ3) is 32.3. The van der Waals surface area contributed by atoms with E-state index < -0.39 is 0 Å². The Labute approximate surface area is 787 Å². The molecule has 0 spiro atoms. The zero-order valence-corrected chi connectivity index (χ0v) is 78.8. The summed E-state index contributed by atoms with van der Waals surface area (Å²) in [5.74, 6) is 3.75. The lowest BCUT2D eigenvalue weighted by Crippen LogP contribution is -2.16. The average Bonchev–Trinajstić information content (AvgIpc) is 1.21. The monoisotopic (exact) mass is 1860 g/mol. The largest absolute Gasteiger partial charge is 0.488 e. The van der Waals surface area contributed by atoms with Crippen molar-refractivity contribution < 1.29 is 85.6 Å². The van der Waals surface area contributed by atoms with Gasteiger partial charge < -0.3 is 56.8 Å². The molecule has 6 aliphatic rings. The Morgan fingerprint density at radius 3 is 0.694 bits per heavy atom. The van der Waals surface area contributed by atoms with Crippen molar-refractivity contribution in [2.75, 3.05) is 79.3 Å². The molecule has 700 valence electrons. The first-order valence-electron chi connectivity index (χ1n) is 44.8. The predicted octanol–water partition coefficient (Wildman–Crippen LogP) is 15.6. The van der Waals surface area contributed by atoms with Gasteiger partial charge in [0, 0.05) is 215 Å². The van der Waals surface area contributed by atoms with Crippen LogP contribution >= 0.6 is 22.7 Å². The van der Waals surface area contributed by atoms with E-state index in [2.05, 4.69) is 59.8 Å². The Balaban J connectivity index is 0.000000136. The van der Waals surface area contributed by atoms with Gasteiger partial charge in [-0.25, -0.2) is 39.9 Å². The fourth-order valence-electron chi connectivity index (χ4n) is 14.5. The van der Waals surface area contributed by atoms with Crippen molar-refractivity contribution >= 4 is 57.4 Å². The molecule has 6 fully saturated rings. The van der Waals surface area contributed by atoms with Gasteiger partial charge in [-0.3, -0.25) is 48.7 Å². The van der Waals surface area contributed by atoms with Crippen molar-refractivity contribution in [3.8, 4) is 34.5 Å². The number of aromatic nitrogens is 12. The Kier molecular flexibility index (Phi) is 36.8. The molecular weight excluding hydrogens is 1750 g/mol. The number of carbonyl (C=O) groups is 6. The van der Waals surface area contributed by atoms with Crippen molar-refractivity contribution in [2.45, 2.75) is 183 Å². The van der Waals surface area contributed by atoms with E-state index >= 15 is 0 Å². The molecule has 30 nitrogen and oxygen atoms in total. The van der Waals surface area contributed by atoms with Crippen molar-refractivity contribution in [1.29, 1.82) is 0 Å². The van der Waals surface area contributed by atoms with Crippen molar-refractivity contribution in [3.63, 3.8) is 0 Å². The van der Waals surface area contributed by atoms with Gasteiger partial charge in [0.25, 0.3) is 0 Å². The highest BCUT2D eigenvalue weighted by molar-refractivity contribution is 7.10. The second-order valence-corrected chi connectivity index (χ2v) is 35.1. The van der Waals surface area contributed by atoms with E-state index in [1.165, 1.54) is 22.7 Å². The number of ketones is 6. The van der Waals surface area contributed by atoms with E-state index in [0.717, 1.165) is 168 Å². The lowest BCUT2D eigenvalue weighted by Gasteiger charge is -2.13. The van der Waals surface area contributed by atoms with Gasteiger partial charge in [-0.1, -0.05) is 24.3 Å². The van der Waals surface area contributed by atoms with Gasteiger partial charge in [0.2, 0.25) is 0 Å². The summed E-state index contributed by atoms with van der Waals surface area (Å²) < 4.78 is 67.1. The number of nitrogens with zero attached hydrogens (tertiary/aromatic N) is 12. The summed E-state index contributed by atoms with van der Waals surface area (Å²) in [6.45, 7) is 26.9. The van der Waals surface area contributed by atoms with E-state index in [1.54, 1.807) is 61.2 Å². The van der Waals surface area contributed by atoms with E-state index in [0.29, 0.717) is 108 Å². The van der Waals surface area contributed by atoms with Crippen LogP contribution in [0.4, 0.5) is 0 Å². The Bertz CT molecular complexity index is 5540. The molecule has 0 unspecified atom stereocenters. The Hall–Kier alpha value is -12.7. The van der Waals surface area contributed by atoms with Crippen molar-refractivity contribution in [2.24, 2.45) is 0 Å². The van der Waals surface area contributed by atoms with E-state index in [4.69, 9.17) is 56.8 Å². The molecule has 12 aromatic heterocycles. The number of rotatable bonds is 30. The molecule has 12 aromatic rings. The fourth-order valence-corrected chi connectivity index (χ4v) is 16.1. The molecule has 0 N–H and O–H groups in total. The number of ether oxygens (including phenoxy) is 12. The molecule has 0 radical (unpaired) electrons. The summed E-state index contributed by atoms with van der Waals surface area (Å²) in [6, 6.07) is 40.1. The van der Waals surface area contributed by atoms with Gasteiger partial charge in [-0.2, -0.15) is 0 Å². The fraction of sp³-hybridized carbons (Fsp3) is 0.392. The standard InChI is InChI=1S/2C18H20N2O3.2C17H18N2O3.2C16H18N2O3S/c2*1-12-3-4-14(19-10-12)8-18(21)17-9-16(7-13(2)20-17)23-15-5-6-22-11-15;2*1-12-8-15(22-14-5-7-21-11-14)10-16(19-12)17(20)9-13-4-2-3-6-18-13;2*1-10-5-13(21-12-3-4-20-8-12)6-14(17-10)15(19)7-16-18-11(2)9-22-16/h2*3-4,7,9-10,15H,5-6,8,11H2,1-2H3;2*2-4,6,8,10,14H,5,7,9,11H2,1H3;2*5-6,9,12H,3-4,7-8H2,1-2H3/t2*15-;2*14-;2*12-/m101010/s1. The smallest absolute Gasteiger partial charge is 0.188 e. The third-order valence-electron chi connectivity index (χ3n) is 21.1. The molecule has 134 heavy (non-hydrogen) atoms. The maximum atomic E-state index is 12.5. The molecular formula is C102H112N12O18S2. The lowest BCUT2D eigenvalue weighted by atomic mass is 10.1. The molecule has 18 heterocycles. The van der Waals surface area contributed by atoms with Crippen LogP contribution in [0.15, 0.2) is 169 Å². The highest BCUT2D eigenvalue weighted by Gasteiger charge is 2.27. The minimum atomic E-state index is -0.0603. The van der Waals surface area contributed by atoms with Crippen LogP contribution in [0.25, 0.3) is 0 Å². The quantitative estimate of drug-likeness (QED) is 0.0377. The first kappa shape index (κ1) is 98.8. The van der Waals surface area contributed by atoms with Gasteiger partial charge in [-0.05, 0) is 117 Å². The molecule has 32 heteroatoms. The Morgan fingerprint density at radius 2 is 0.507 bits per heavy atom. The molecule has 0 bridgehead atoms. The predicted molar refractivity (Wildman–Crippen MR) is 501 cm³/mol. The minimum Gasteiger partial charge on any atom is -0.488 e. The number of aryl methyl sites for hydroxylation is 10. The summed E-state index contributed by atoms with van der Waals surface area (Å²) in [5.41, 5.74) is 14.1. The molecule has 6 saturated heterocycles. The zero-order chi connectivity index (χ0) is 94.2. The lowest BCUT2D eigenvalue weighted by molar-refractivity contribution is 0.0977. The molecule has 0 saturated carbocycles. The van der Waals surface area contributed by atoms with E-state index in [-0.39, 0.29) is 110 Å². The number of hydrogen-bond donors (Lipinski definition) is 0. The van der Waals surface area contributed by atoms with Crippen LogP contribution in [0.2, 0.25) is 0 Å². The van der Waals surface area contributed by atoms with Crippen LogP contribution in [-0.4, -0.2) is 210 Å². The van der Waals surface area contributed by atoms with Crippen LogP contribution in [0.1, 0.15) is 191 Å². The topological polar surface area (TPSA) is 368 Å². The van der Waals surface area contributed by atoms with Gasteiger partial charge in [0.05, 0.1) is 118 Å². The van der Waals surface area contributed by atoms with Crippen LogP contribution in [0.5, 0.6) is 34.5 Å². The zero-order valence-electron chi connectivity index (χ0n) is 77.1. The Morgan fingerprint density at radius 1 is 0.276 bits per heavy atom. The normalized spacial score (nSPS) is 17.4. The number of thiazole rings is 2. The maximum Gasteiger partial charge on any atom is 0.188 e. The van der Waals surface area contributed by atoms with Gasteiger partial charge in [0.1, 0.15) is 115 Å². The summed E-state index contributed by atoms with van der Waals surface area (Å²) in [4.78, 5) is 126. The third-order valence-corrected chi connectivity index (χ3v) is 23.1. The van der Waals surface area contributed by atoms with Gasteiger partial charge >= 0.3 is 0 Å².